The molecule has 1 aromatic heterocycles. The number of aromatic nitrogens is 1. The van der Waals surface area contributed by atoms with Crippen LogP contribution in [0.25, 0.3) is 10.2 Å². The lowest BCUT2D eigenvalue weighted by atomic mass is 10.1. The molecule has 0 saturated carbocycles. The van der Waals surface area contributed by atoms with E-state index in [1.807, 2.05) is 36.4 Å². The maximum atomic E-state index is 12.6. The van der Waals surface area contributed by atoms with Gasteiger partial charge in [-0.2, -0.15) is 0 Å². The zero-order valence-corrected chi connectivity index (χ0v) is 14.5. The number of hydrogen-bond donors (Lipinski definition) is 0. The molecule has 2 aromatic carbocycles. The van der Waals surface area contributed by atoms with Gasteiger partial charge in [-0.3, -0.25) is 5.11 Å². The Kier molecular flexibility index (Phi) is 4.21. The second kappa shape index (κ2) is 6.49. The summed E-state index contributed by atoms with van der Waals surface area (Å²) in [6, 6.07) is 11.3. The molecule has 24 heavy (non-hydrogen) atoms. The van der Waals surface area contributed by atoms with Crippen LogP contribution in [0.15, 0.2) is 41.9 Å². The number of rotatable bonds is 3. The Morgan fingerprint density at radius 3 is 2.62 bits per heavy atom. The molecule has 6 heteroatoms. The van der Waals surface area contributed by atoms with Gasteiger partial charge in [0, 0.05) is 31.0 Å². The Bertz CT molecular complexity index is 842. The van der Waals surface area contributed by atoms with Gasteiger partial charge in [0.15, 0.2) is 0 Å². The van der Waals surface area contributed by atoms with Crippen molar-refractivity contribution in [2.45, 2.75) is 18.9 Å². The van der Waals surface area contributed by atoms with Crippen molar-refractivity contribution in [2.75, 3.05) is 18.0 Å². The SMILES string of the molecule is [O]c1c(N2CCC(Oc3ccc(Cl)cc3)CC2)ccc2scnc12. The summed E-state index contributed by atoms with van der Waals surface area (Å²) in [7, 11) is 0. The normalized spacial score (nSPS) is 15.8. The van der Waals surface area contributed by atoms with Crippen LogP contribution in [0, 0.1) is 0 Å². The second-order valence-electron chi connectivity index (χ2n) is 5.87. The molecule has 3 aromatic rings. The number of fused-ring (bicyclic) bond motifs is 1. The standard InChI is InChI=1S/C18H16ClN2O2S/c19-12-1-3-13(4-2-12)23-14-7-9-21(10-8-14)15-5-6-16-17(18(15)22)20-11-24-16/h1-6,11,14H,7-10H2. The summed E-state index contributed by atoms with van der Waals surface area (Å²) in [4.78, 5) is 6.34. The summed E-state index contributed by atoms with van der Waals surface area (Å²) in [6.07, 6.45) is 1.94. The first kappa shape index (κ1) is 15.5. The van der Waals surface area contributed by atoms with E-state index in [4.69, 9.17) is 16.3 Å². The third kappa shape index (κ3) is 3.01. The smallest absolute Gasteiger partial charge is 0.228 e. The van der Waals surface area contributed by atoms with E-state index in [1.54, 1.807) is 5.51 Å². The quantitative estimate of drug-likeness (QED) is 0.650. The highest BCUT2D eigenvalue weighted by molar-refractivity contribution is 7.16. The second-order valence-corrected chi connectivity index (χ2v) is 7.19. The van der Waals surface area contributed by atoms with Crippen LogP contribution in [-0.4, -0.2) is 24.2 Å². The summed E-state index contributed by atoms with van der Waals surface area (Å²) in [6.45, 7) is 1.62. The van der Waals surface area contributed by atoms with E-state index in [0.29, 0.717) is 10.5 Å². The first-order chi connectivity index (χ1) is 11.7. The third-order valence-corrected chi connectivity index (χ3v) is 5.38. The van der Waals surface area contributed by atoms with Crippen molar-refractivity contribution in [1.82, 2.24) is 4.98 Å². The number of halogens is 1. The first-order valence-electron chi connectivity index (χ1n) is 7.91. The summed E-state index contributed by atoms with van der Waals surface area (Å²) < 4.78 is 6.96. The molecular weight excluding hydrogens is 344 g/mol. The lowest BCUT2D eigenvalue weighted by Gasteiger charge is -2.33. The molecule has 123 valence electrons. The van der Waals surface area contributed by atoms with Crippen molar-refractivity contribution in [1.29, 1.82) is 0 Å². The summed E-state index contributed by atoms with van der Waals surface area (Å²) >= 11 is 7.39. The average molecular weight is 360 g/mol. The molecule has 1 radical (unpaired) electrons. The van der Waals surface area contributed by atoms with E-state index in [2.05, 4.69) is 9.88 Å². The molecule has 0 amide bonds. The highest BCUT2D eigenvalue weighted by Crippen LogP contribution is 2.37. The van der Waals surface area contributed by atoms with E-state index in [1.165, 1.54) is 11.3 Å². The molecule has 0 unspecified atom stereocenters. The van der Waals surface area contributed by atoms with Gasteiger partial charge >= 0.3 is 0 Å². The molecule has 1 fully saturated rings. The fraction of sp³-hybridized carbons (Fsp3) is 0.278. The van der Waals surface area contributed by atoms with Gasteiger partial charge in [0.1, 0.15) is 17.4 Å². The van der Waals surface area contributed by atoms with Crippen molar-refractivity contribution in [2.24, 2.45) is 0 Å². The molecule has 1 saturated heterocycles. The maximum Gasteiger partial charge on any atom is 0.228 e. The molecule has 0 bridgehead atoms. The molecule has 0 aliphatic carbocycles. The predicted molar refractivity (Wildman–Crippen MR) is 97.1 cm³/mol. The van der Waals surface area contributed by atoms with Crippen molar-refractivity contribution >= 4 is 38.8 Å². The fourth-order valence-electron chi connectivity index (χ4n) is 3.06. The molecular formula is C18H16ClN2O2S. The van der Waals surface area contributed by atoms with E-state index >= 15 is 0 Å². The molecule has 1 aliphatic heterocycles. The highest BCUT2D eigenvalue weighted by atomic mass is 35.5. The zero-order chi connectivity index (χ0) is 16.5. The van der Waals surface area contributed by atoms with Crippen LogP contribution in [-0.2, 0) is 5.11 Å². The monoisotopic (exact) mass is 359 g/mol. The lowest BCUT2D eigenvalue weighted by molar-refractivity contribution is 0.170. The van der Waals surface area contributed by atoms with Crippen LogP contribution in [0.1, 0.15) is 12.8 Å². The Balaban J connectivity index is 1.43. The molecule has 0 N–H and O–H groups in total. The van der Waals surface area contributed by atoms with Crippen LogP contribution < -0.4 is 9.64 Å². The lowest BCUT2D eigenvalue weighted by Crippen LogP contribution is -2.38. The van der Waals surface area contributed by atoms with Gasteiger partial charge in [-0.25, -0.2) is 4.98 Å². The van der Waals surface area contributed by atoms with Crippen LogP contribution >= 0.6 is 22.9 Å². The minimum absolute atomic E-state index is 0.0332. The fourth-order valence-corrected chi connectivity index (χ4v) is 3.87. The maximum absolute atomic E-state index is 12.6. The molecule has 2 heterocycles. The largest absolute Gasteiger partial charge is 0.490 e. The number of benzene rings is 2. The van der Waals surface area contributed by atoms with Gasteiger partial charge < -0.3 is 9.64 Å². The predicted octanol–water partition coefficient (Wildman–Crippen LogP) is 5.14. The summed E-state index contributed by atoms with van der Waals surface area (Å²) in [5, 5.41) is 13.3. The number of hydrogen-bond acceptors (Lipinski definition) is 4. The van der Waals surface area contributed by atoms with E-state index < -0.39 is 0 Å². The Morgan fingerprint density at radius 1 is 1.12 bits per heavy atom. The van der Waals surface area contributed by atoms with Gasteiger partial charge in [0.2, 0.25) is 5.75 Å². The van der Waals surface area contributed by atoms with Crippen molar-refractivity contribution in [3.63, 3.8) is 0 Å². The van der Waals surface area contributed by atoms with Gasteiger partial charge in [-0.1, -0.05) is 11.6 Å². The van der Waals surface area contributed by atoms with E-state index in [-0.39, 0.29) is 11.9 Å². The van der Waals surface area contributed by atoms with Crippen LogP contribution in [0.5, 0.6) is 11.5 Å². The minimum atomic E-state index is 0.0332. The first-order valence-corrected chi connectivity index (χ1v) is 9.17. The van der Waals surface area contributed by atoms with Gasteiger partial charge in [-0.15, -0.1) is 11.3 Å². The number of piperidine rings is 1. The van der Waals surface area contributed by atoms with Crippen molar-refractivity contribution in [3.05, 3.63) is 46.9 Å². The molecule has 0 spiro atoms. The van der Waals surface area contributed by atoms with E-state index in [0.717, 1.165) is 42.1 Å². The Hall–Kier alpha value is -1.98. The number of anilines is 1. The number of thiazole rings is 1. The van der Waals surface area contributed by atoms with Gasteiger partial charge in [0.25, 0.3) is 0 Å². The van der Waals surface area contributed by atoms with Crippen LogP contribution in [0.3, 0.4) is 0 Å². The third-order valence-electron chi connectivity index (χ3n) is 4.33. The van der Waals surface area contributed by atoms with Gasteiger partial charge in [0.05, 0.1) is 15.9 Å². The molecule has 4 rings (SSSR count). The van der Waals surface area contributed by atoms with Crippen LogP contribution in [0.4, 0.5) is 5.69 Å². The highest BCUT2D eigenvalue weighted by Gasteiger charge is 2.24. The molecule has 1 aliphatic rings. The molecule has 4 nitrogen and oxygen atoms in total. The van der Waals surface area contributed by atoms with E-state index in [9.17, 15) is 5.11 Å². The summed E-state index contributed by atoms with van der Waals surface area (Å²) in [5.41, 5.74) is 3.05. The topological polar surface area (TPSA) is 45.3 Å². The minimum Gasteiger partial charge on any atom is -0.490 e. The van der Waals surface area contributed by atoms with Crippen molar-refractivity contribution < 1.29 is 9.84 Å². The summed E-state index contributed by atoms with van der Waals surface area (Å²) in [5.74, 6) is 0.872. The zero-order valence-electron chi connectivity index (χ0n) is 12.9. The number of nitrogens with zero attached hydrogens (tertiary/aromatic N) is 2. The Morgan fingerprint density at radius 2 is 1.88 bits per heavy atom. The van der Waals surface area contributed by atoms with Crippen molar-refractivity contribution in [3.8, 4) is 11.5 Å². The molecule has 0 atom stereocenters. The average Bonchev–Trinajstić information content (AvgIpc) is 3.08. The van der Waals surface area contributed by atoms with Crippen LogP contribution in [0.2, 0.25) is 5.02 Å². The number of ether oxygens (including phenoxy) is 1. The van der Waals surface area contributed by atoms with Gasteiger partial charge in [-0.05, 0) is 36.4 Å². The Labute approximate surface area is 149 Å².